The molecule has 1 rings (SSSR count). The summed E-state index contributed by atoms with van der Waals surface area (Å²) in [5.41, 5.74) is -0.254. The highest BCUT2D eigenvalue weighted by molar-refractivity contribution is 7.82. The van der Waals surface area contributed by atoms with E-state index in [0.29, 0.717) is 0 Å². The first-order valence-electron chi connectivity index (χ1n) is 3.78. The van der Waals surface area contributed by atoms with Crippen LogP contribution in [-0.4, -0.2) is 29.2 Å². The maximum Gasteiger partial charge on any atom is 0.137 e. The molecule has 1 aliphatic rings. The van der Waals surface area contributed by atoms with Crippen molar-refractivity contribution in [1.29, 1.82) is 0 Å². The first kappa shape index (κ1) is 9.45. The molecule has 1 atom stereocenters. The maximum atomic E-state index is 4.30. The summed E-state index contributed by atoms with van der Waals surface area (Å²) in [7, 11) is 0. The Morgan fingerprint density at radius 3 is 2.42 bits per heavy atom. The van der Waals surface area contributed by atoms with Gasteiger partial charge in [0.1, 0.15) is 11.2 Å². The van der Waals surface area contributed by atoms with E-state index in [0.717, 1.165) is 0 Å². The highest BCUT2D eigenvalue weighted by atomic mass is 32.1. The fraction of sp³-hybridized carbons (Fsp3) is 0.625. The van der Waals surface area contributed by atoms with Crippen LogP contribution in [0.2, 0.25) is 0 Å². The number of hydrogen-bond donors (Lipinski definition) is 1. The van der Waals surface area contributed by atoms with Crippen LogP contribution in [0.5, 0.6) is 0 Å². The molecule has 0 radical (unpaired) electrons. The van der Waals surface area contributed by atoms with E-state index >= 15 is 0 Å². The van der Waals surface area contributed by atoms with Crippen LogP contribution < -0.4 is 0 Å². The number of aliphatic imine (C=N–C) groups is 3. The fourth-order valence-corrected chi connectivity index (χ4v) is 0.831. The Balaban J connectivity index is 2.97. The predicted molar refractivity (Wildman–Crippen MR) is 56.9 cm³/mol. The third-order valence-electron chi connectivity index (χ3n) is 1.42. The minimum atomic E-state index is -0.533. The van der Waals surface area contributed by atoms with Gasteiger partial charge in [0.05, 0.1) is 5.54 Å². The van der Waals surface area contributed by atoms with Crippen molar-refractivity contribution >= 4 is 31.4 Å². The largest absolute Gasteiger partial charge is 0.282 e. The van der Waals surface area contributed by atoms with Gasteiger partial charge in [-0.05, 0) is 20.8 Å². The molecule has 0 aromatic heterocycles. The second-order valence-electron chi connectivity index (χ2n) is 3.53. The van der Waals surface area contributed by atoms with Gasteiger partial charge in [0, 0.05) is 12.4 Å². The Kier molecular flexibility index (Phi) is 2.37. The molecular weight excluding hydrogens is 170 g/mol. The van der Waals surface area contributed by atoms with Gasteiger partial charge in [0.25, 0.3) is 0 Å². The zero-order valence-electron chi connectivity index (χ0n) is 7.52. The molecule has 0 saturated heterocycles. The summed E-state index contributed by atoms with van der Waals surface area (Å²) in [6.07, 6.45) is 5.01. The lowest BCUT2D eigenvalue weighted by Crippen LogP contribution is -2.25. The Labute approximate surface area is 78.1 Å². The van der Waals surface area contributed by atoms with Gasteiger partial charge < -0.3 is 0 Å². The fourth-order valence-electron chi connectivity index (χ4n) is 0.721. The van der Waals surface area contributed by atoms with Crippen LogP contribution >= 0.6 is 12.6 Å². The van der Waals surface area contributed by atoms with Crippen molar-refractivity contribution in [3.63, 3.8) is 0 Å². The Hall–Kier alpha value is -0.640. The van der Waals surface area contributed by atoms with Crippen LogP contribution in [0.15, 0.2) is 15.0 Å². The second-order valence-corrected chi connectivity index (χ2v) is 4.43. The average Bonchev–Trinajstić information content (AvgIpc) is 1.94. The zero-order valence-corrected chi connectivity index (χ0v) is 8.42. The van der Waals surface area contributed by atoms with E-state index in [1.165, 1.54) is 6.34 Å². The summed E-state index contributed by atoms with van der Waals surface area (Å²) in [5, 5.41) is 0. The number of nitrogens with zero attached hydrogens (tertiary/aromatic N) is 3. The maximum absolute atomic E-state index is 4.30. The molecule has 4 heteroatoms. The summed E-state index contributed by atoms with van der Waals surface area (Å²) in [6.45, 7) is 5.83. The molecule has 12 heavy (non-hydrogen) atoms. The Bertz CT molecular complexity index is 225. The lowest BCUT2D eigenvalue weighted by molar-refractivity contribution is 0.710. The molecule has 0 saturated carbocycles. The third kappa shape index (κ3) is 2.77. The van der Waals surface area contributed by atoms with Crippen molar-refractivity contribution in [3.8, 4) is 0 Å². The summed E-state index contributed by atoms with van der Waals surface area (Å²) in [6, 6.07) is 0. The molecule has 0 aromatic carbocycles. The topological polar surface area (TPSA) is 37.1 Å². The van der Waals surface area contributed by atoms with Gasteiger partial charge in [-0.25, -0.2) is 4.99 Å². The van der Waals surface area contributed by atoms with E-state index < -0.39 is 4.87 Å². The van der Waals surface area contributed by atoms with Gasteiger partial charge in [0.15, 0.2) is 0 Å². The Morgan fingerprint density at radius 1 is 1.08 bits per heavy atom. The third-order valence-corrected chi connectivity index (χ3v) is 1.65. The molecule has 0 N–H and O–H groups in total. The van der Waals surface area contributed by atoms with Gasteiger partial charge in [0.2, 0.25) is 0 Å². The summed E-state index contributed by atoms with van der Waals surface area (Å²) >= 11 is 4.29. The van der Waals surface area contributed by atoms with Crippen molar-refractivity contribution in [2.45, 2.75) is 31.2 Å². The monoisotopic (exact) mass is 183 g/mol. The van der Waals surface area contributed by atoms with Crippen LogP contribution in [-0.2, 0) is 0 Å². The van der Waals surface area contributed by atoms with Crippen molar-refractivity contribution in [2.24, 2.45) is 15.0 Å². The van der Waals surface area contributed by atoms with E-state index in [2.05, 4.69) is 27.6 Å². The van der Waals surface area contributed by atoms with Gasteiger partial charge in [-0.3, -0.25) is 9.98 Å². The van der Waals surface area contributed by atoms with E-state index in [1.807, 2.05) is 20.8 Å². The first-order valence-corrected chi connectivity index (χ1v) is 4.23. The van der Waals surface area contributed by atoms with Gasteiger partial charge in [-0.2, -0.15) is 0 Å². The quantitative estimate of drug-likeness (QED) is 0.554. The second kappa shape index (κ2) is 3.01. The van der Waals surface area contributed by atoms with Crippen LogP contribution in [0.3, 0.4) is 0 Å². The van der Waals surface area contributed by atoms with Gasteiger partial charge >= 0.3 is 0 Å². The lowest BCUT2D eigenvalue weighted by Gasteiger charge is -2.19. The van der Waals surface area contributed by atoms with E-state index in [-0.39, 0.29) is 5.54 Å². The van der Waals surface area contributed by atoms with Crippen LogP contribution in [0.25, 0.3) is 0 Å². The van der Waals surface area contributed by atoms with Crippen molar-refractivity contribution in [3.05, 3.63) is 0 Å². The minimum absolute atomic E-state index is 0.254. The van der Waals surface area contributed by atoms with Crippen LogP contribution in [0.4, 0.5) is 0 Å². The van der Waals surface area contributed by atoms with Crippen molar-refractivity contribution < 1.29 is 0 Å². The SMILES string of the molecule is CC1(C)C=N/C=N\C(C)(S)C=N1. The molecule has 0 amide bonds. The molecule has 3 nitrogen and oxygen atoms in total. The van der Waals surface area contributed by atoms with E-state index in [9.17, 15) is 0 Å². The standard InChI is InChI=1S/C8H13N3S/c1-7(2)4-9-6-11-8(3,12)5-10-7/h4-6,12H,1-3H3/b9-4?,10-5?,11-6-. The molecule has 66 valence electrons. The molecule has 0 aromatic rings. The van der Waals surface area contributed by atoms with E-state index in [4.69, 9.17) is 0 Å². The molecule has 0 bridgehead atoms. The number of thiol groups is 1. The van der Waals surface area contributed by atoms with Gasteiger partial charge in [-0.15, -0.1) is 12.6 Å². The molecule has 0 spiro atoms. The molecule has 1 aliphatic heterocycles. The van der Waals surface area contributed by atoms with Crippen molar-refractivity contribution in [2.75, 3.05) is 0 Å². The Morgan fingerprint density at radius 2 is 1.75 bits per heavy atom. The zero-order chi connectivity index (χ0) is 9.24. The highest BCUT2D eigenvalue weighted by Crippen LogP contribution is 2.15. The van der Waals surface area contributed by atoms with Crippen LogP contribution in [0.1, 0.15) is 20.8 Å². The normalized spacial score (nSPS) is 35.7. The summed E-state index contributed by atoms with van der Waals surface area (Å²) < 4.78 is 0. The lowest BCUT2D eigenvalue weighted by atomic mass is 10.1. The molecule has 0 fully saturated rings. The minimum Gasteiger partial charge on any atom is -0.282 e. The first-order chi connectivity index (χ1) is 5.41. The average molecular weight is 183 g/mol. The summed E-state index contributed by atoms with van der Waals surface area (Å²) in [4.78, 5) is 11.8. The smallest absolute Gasteiger partial charge is 0.137 e. The van der Waals surface area contributed by atoms with E-state index in [1.54, 1.807) is 12.4 Å². The van der Waals surface area contributed by atoms with Gasteiger partial charge in [-0.1, -0.05) is 0 Å². The molecule has 1 unspecified atom stereocenters. The number of hydrogen-bond acceptors (Lipinski definition) is 4. The van der Waals surface area contributed by atoms with Crippen molar-refractivity contribution in [1.82, 2.24) is 0 Å². The highest BCUT2D eigenvalue weighted by Gasteiger charge is 2.18. The molecule has 0 aliphatic carbocycles. The number of rotatable bonds is 0. The molecule has 1 heterocycles. The van der Waals surface area contributed by atoms with Crippen LogP contribution in [0, 0.1) is 0 Å². The predicted octanol–water partition coefficient (Wildman–Crippen LogP) is 1.59. The molecular formula is C8H13N3S. The summed E-state index contributed by atoms with van der Waals surface area (Å²) in [5.74, 6) is 0.